The number of hydrogen-bond donors (Lipinski definition) is 2. The Kier molecular flexibility index (Phi) is 4.29. The predicted octanol–water partition coefficient (Wildman–Crippen LogP) is 0.744. The van der Waals surface area contributed by atoms with Crippen LogP contribution >= 0.6 is 0 Å². The maximum Gasteiger partial charge on any atom is 0.251 e. The lowest BCUT2D eigenvalue weighted by Gasteiger charge is -2.07. The van der Waals surface area contributed by atoms with Gasteiger partial charge in [0.25, 0.3) is 5.91 Å². The van der Waals surface area contributed by atoms with Crippen molar-refractivity contribution < 1.29 is 4.79 Å². The van der Waals surface area contributed by atoms with E-state index in [1.165, 1.54) is 0 Å². The molecule has 0 aromatic carbocycles. The van der Waals surface area contributed by atoms with Crippen LogP contribution < -0.4 is 10.6 Å². The van der Waals surface area contributed by atoms with Gasteiger partial charge in [-0.3, -0.25) is 9.48 Å². The summed E-state index contributed by atoms with van der Waals surface area (Å²) in [5.74, 6) is 1.11. The summed E-state index contributed by atoms with van der Waals surface area (Å²) in [6.45, 7) is 2.31. The van der Waals surface area contributed by atoms with Gasteiger partial charge in [-0.15, -0.1) is 0 Å². The molecule has 0 radical (unpaired) electrons. The molecular weight excluding hydrogens is 256 g/mol. The molecule has 2 aromatic rings. The van der Waals surface area contributed by atoms with E-state index in [1.807, 2.05) is 6.92 Å². The second kappa shape index (κ2) is 6.14. The highest BCUT2D eigenvalue weighted by atomic mass is 16.1. The predicted molar refractivity (Wildman–Crippen MR) is 75.3 cm³/mol. The Morgan fingerprint density at radius 1 is 1.40 bits per heavy atom. The van der Waals surface area contributed by atoms with Crippen LogP contribution in [0.25, 0.3) is 0 Å². The summed E-state index contributed by atoms with van der Waals surface area (Å²) in [6.07, 6.45) is 2.37. The lowest BCUT2D eigenvalue weighted by Crippen LogP contribution is -2.24. The number of hydrogen-bond acceptors (Lipinski definition) is 5. The minimum absolute atomic E-state index is 0.161. The maximum atomic E-state index is 12.1. The molecule has 2 aromatic heterocycles. The van der Waals surface area contributed by atoms with E-state index in [0.29, 0.717) is 23.8 Å². The normalized spacial score (nSPS) is 10.3. The fraction of sp³-hybridized carbons (Fsp3) is 0.385. The van der Waals surface area contributed by atoms with E-state index in [9.17, 15) is 4.79 Å². The number of carbonyl (C=O) groups excluding carboxylic acids is 1. The zero-order valence-electron chi connectivity index (χ0n) is 11.8. The third-order valence-electron chi connectivity index (χ3n) is 2.81. The number of aryl methyl sites for hydroxylation is 2. The van der Waals surface area contributed by atoms with Crippen LogP contribution in [-0.4, -0.2) is 32.7 Å². The first kappa shape index (κ1) is 14.0. The van der Waals surface area contributed by atoms with Gasteiger partial charge in [0.1, 0.15) is 12.1 Å². The van der Waals surface area contributed by atoms with Gasteiger partial charge < -0.3 is 10.6 Å². The molecule has 0 bridgehead atoms. The summed E-state index contributed by atoms with van der Waals surface area (Å²) < 4.78 is 1.60. The summed E-state index contributed by atoms with van der Waals surface area (Å²) in [5.41, 5.74) is 1.45. The second-order valence-corrected chi connectivity index (χ2v) is 4.35. The molecule has 106 valence electrons. The van der Waals surface area contributed by atoms with Gasteiger partial charge in [0.2, 0.25) is 0 Å². The summed E-state index contributed by atoms with van der Waals surface area (Å²) >= 11 is 0. The first-order valence-corrected chi connectivity index (χ1v) is 6.43. The molecule has 7 heteroatoms. The number of nitrogens with one attached hydrogen (secondary N) is 2. The molecule has 1 amide bonds. The van der Waals surface area contributed by atoms with E-state index in [1.54, 1.807) is 37.2 Å². The Labute approximate surface area is 117 Å². The van der Waals surface area contributed by atoms with E-state index in [0.717, 1.165) is 12.1 Å². The number of pyridine rings is 1. The van der Waals surface area contributed by atoms with Crippen LogP contribution in [0.1, 0.15) is 28.8 Å². The van der Waals surface area contributed by atoms with Gasteiger partial charge in [0.05, 0.1) is 6.54 Å². The lowest BCUT2D eigenvalue weighted by molar-refractivity contribution is 0.0949. The van der Waals surface area contributed by atoms with Crippen molar-refractivity contribution in [2.75, 3.05) is 12.4 Å². The third kappa shape index (κ3) is 3.31. The highest BCUT2D eigenvalue weighted by molar-refractivity contribution is 5.94. The zero-order chi connectivity index (χ0) is 14.5. The molecule has 2 N–H and O–H groups in total. The lowest BCUT2D eigenvalue weighted by atomic mass is 10.2. The van der Waals surface area contributed by atoms with Crippen molar-refractivity contribution in [3.05, 3.63) is 35.5 Å². The molecular formula is C13H18N6O. The van der Waals surface area contributed by atoms with Gasteiger partial charge >= 0.3 is 0 Å². The standard InChI is InChI=1S/C13H18N6O/c1-4-10-5-9(6-11(14-2)17-10)13(20)15-7-12-16-8-19(3)18-12/h5-6,8H,4,7H2,1-3H3,(H,14,17)(H,15,20). The number of nitrogens with zero attached hydrogens (tertiary/aromatic N) is 4. The van der Waals surface area contributed by atoms with Gasteiger partial charge in [0.15, 0.2) is 5.82 Å². The van der Waals surface area contributed by atoms with Crippen LogP contribution in [0.4, 0.5) is 5.82 Å². The van der Waals surface area contributed by atoms with E-state index in [2.05, 4.69) is 25.7 Å². The average molecular weight is 274 g/mol. The molecule has 0 aliphatic heterocycles. The van der Waals surface area contributed by atoms with Crippen LogP contribution in [0.5, 0.6) is 0 Å². The average Bonchev–Trinajstić information content (AvgIpc) is 2.89. The first-order chi connectivity index (χ1) is 9.62. The molecule has 0 saturated carbocycles. The van der Waals surface area contributed by atoms with Crippen molar-refractivity contribution >= 4 is 11.7 Å². The van der Waals surface area contributed by atoms with Gasteiger partial charge in [-0.25, -0.2) is 9.97 Å². The van der Waals surface area contributed by atoms with Crippen molar-refractivity contribution in [2.24, 2.45) is 7.05 Å². The number of amides is 1. The Morgan fingerprint density at radius 2 is 2.20 bits per heavy atom. The van der Waals surface area contributed by atoms with E-state index < -0.39 is 0 Å². The first-order valence-electron chi connectivity index (χ1n) is 6.43. The molecule has 7 nitrogen and oxygen atoms in total. The van der Waals surface area contributed by atoms with Crippen molar-refractivity contribution in [3.8, 4) is 0 Å². The molecule has 2 rings (SSSR count). The van der Waals surface area contributed by atoms with Crippen LogP contribution in [-0.2, 0) is 20.0 Å². The van der Waals surface area contributed by atoms with Gasteiger partial charge in [-0.2, -0.15) is 5.10 Å². The van der Waals surface area contributed by atoms with Crippen LogP contribution in [0.3, 0.4) is 0 Å². The molecule has 0 aliphatic carbocycles. The van der Waals surface area contributed by atoms with Crippen molar-refractivity contribution in [3.63, 3.8) is 0 Å². The Morgan fingerprint density at radius 3 is 2.80 bits per heavy atom. The molecule has 0 fully saturated rings. The van der Waals surface area contributed by atoms with E-state index >= 15 is 0 Å². The highest BCUT2D eigenvalue weighted by Crippen LogP contribution is 2.11. The van der Waals surface area contributed by atoms with E-state index in [4.69, 9.17) is 0 Å². The Balaban J connectivity index is 2.08. The summed E-state index contributed by atoms with van der Waals surface area (Å²) in [6, 6.07) is 3.52. The molecule has 0 atom stereocenters. The fourth-order valence-electron chi connectivity index (χ4n) is 1.75. The highest BCUT2D eigenvalue weighted by Gasteiger charge is 2.10. The summed E-state index contributed by atoms with van der Waals surface area (Å²) in [4.78, 5) is 20.5. The van der Waals surface area contributed by atoms with Crippen molar-refractivity contribution in [1.29, 1.82) is 0 Å². The Bertz CT molecular complexity index is 584. The molecule has 0 unspecified atom stereocenters. The number of carbonyl (C=O) groups is 1. The summed E-state index contributed by atoms with van der Waals surface area (Å²) in [7, 11) is 3.56. The minimum atomic E-state index is -0.161. The van der Waals surface area contributed by atoms with Crippen molar-refractivity contribution in [1.82, 2.24) is 25.1 Å². The Hall–Kier alpha value is -2.44. The smallest absolute Gasteiger partial charge is 0.251 e. The van der Waals surface area contributed by atoms with Crippen LogP contribution in [0.2, 0.25) is 0 Å². The zero-order valence-corrected chi connectivity index (χ0v) is 11.8. The molecule has 0 saturated heterocycles. The quantitative estimate of drug-likeness (QED) is 0.840. The largest absolute Gasteiger partial charge is 0.373 e. The van der Waals surface area contributed by atoms with Crippen molar-refractivity contribution in [2.45, 2.75) is 19.9 Å². The van der Waals surface area contributed by atoms with Gasteiger partial charge in [-0.1, -0.05) is 6.92 Å². The number of anilines is 1. The fourth-order valence-corrected chi connectivity index (χ4v) is 1.75. The van der Waals surface area contributed by atoms with Crippen LogP contribution in [0, 0.1) is 0 Å². The van der Waals surface area contributed by atoms with E-state index in [-0.39, 0.29) is 5.91 Å². The number of aromatic nitrogens is 4. The minimum Gasteiger partial charge on any atom is -0.373 e. The molecule has 0 aliphatic rings. The molecule has 0 spiro atoms. The SMILES string of the molecule is CCc1cc(C(=O)NCc2ncn(C)n2)cc(NC)n1. The monoisotopic (exact) mass is 274 g/mol. The maximum absolute atomic E-state index is 12.1. The van der Waals surface area contributed by atoms with Gasteiger partial charge in [0, 0.05) is 25.4 Å². The second-order valence-electron chi connectivity index (χ2n) is 4.35. The molecule has 20 heavy (non-hydrogen) atoms. The summed E-state index contributed by atoms with van der Waals surface area (Å²) in [5, 5.41) is 9.86. The number of rotatable bonds is 5. The van der Waals surface area contributed by atoms with Gasteiger partial charge in [-0.05, 0) is 18.6 Å². The third-order valence-corrected chi connectivity index (χ3v) is 2.81. The topological polar surface area (TPSA) is 84.7 Å². The van der Waals surface area contributed by atoms with Crippen LogP contribution in [0.15, 0.2) is 18.5 Å². The molecule has 2 heterocycles.